The van der Waals surface area contributed by atoms with Crippen LogP contribution in [0.1, 0.15) is 41.6 Å². The summed E-state index contributed by atoms with van der Waals surface area (Å²) in [6, 6.07) is 5.26. The van der Waals surface area contributed by atoms with E-state index < -0.39 is 0 Å². The fourth-order valence-electron chi connectivity index (χ4n) is 4.00. The maximum absolute atomic E-state index is 13.4. The van der Waals surface area contributed by atoms with Gasteiger partial charge in [0.25, 0.3) is 5.91 Å². The Kier molecular flexibility index (Phi) is 5.08. The van der Waals surface area contributed by atoms with E-state index in [1.807, 2.05) is 0 Å². The molecular weight excluding hydrogens is 321 g/mol. The number of nitrogens with zero attached hydrogens (tertiary/aromatic N) is 2. The highest BCUT2D eigenvalue weighted by atomic mass is 19.1. The average molecular weight is 347 g/mol. The molecule has 2 aliphatic rings. The van der Waals surface area contributed by atoms with E-state index in [9.17, 15) is 14.0 Å². The molecule has 2 atom stereocenters. The Morgan fingerprint density at radius 3 is 2.44 bits per heavy atom. The topological polar surface area (TPSA) is 52.7 Å². The van der Waals surface area contributed by atoms with Crippen LogP contribution >= 0.6 is 0 Å². The monoisotopic (exact) mass is 347 g/mol. The van der Waals surface area contributed by atoms with Crippen LogP contribution in [0, 0.1) is 12.7 Å². The first-order valence-electron chi connectivity index (χ1n) is 8.88. The van der Waals surface area contributed by atoms with E-state index in [1.54, 1.807) is 32.0 Å². The summed E-state index contributed by atoms with van der Waals surface area (Å²) in [4.78, 5) is 28.4. The molecule has 3 rings (SSSR count). The predicted molar refractivity (Wildman–Crippen MR) is 93.8 cm³/mol. The van der Waals surface area contributed by atoms with Gasteiger partial charge in [-0.3, -0.25) is 14.5 Å². The van der Waals surface area contributed by atoms with E-state index >= 15 is 0 Å². The van der Waals surface area contributed by atoms with Crippen molar-refractivity contribution in [2.24, 2.45) is 0 Å². The summed E-state index contributed by atoms with van der Waals surface area (Å²) in [5.41, 5.74) is 0.973. The summed E-state index contributed by atoms with van der Waals surface area (Å²) in [5.74, 6) is -0.319. The fourth-order valence-corrected chi connectivity index (χ4v) is 4.00. The van der Waals surface area contributed by atoms with Gasteiger partial charge < -0.3 is 10.2 Å². The molecule has 1 aromatic rings. The Hall–Kier alpha value is -1.95. The minimum absolute atomic E-state index is 0.112. The number of fused-ring (bicyclic) bond motifs is 2. The van der Waals surface area contributed by atoms with Crippen molar-refractivity contribution in [3.63, 3.8) is 0 Å². The van der Waals surface area contributed by atoms with Gasteiger partial charge >= 0.3 is 0 Å². The number of amides is 2. The van der Waals surface area contributed by atoms with Gasteiger partial charge in [-0.2, -0.15) is 0 Å². The number of nitrogens with one attached hydrogen (secondary N) is 1. The van der Waals surface area contributed by atoms with Crippen molar-refractivity contribution in [2.75, 3.05) is 20.6 Å². The molecule has 6 heteroatoms. The summed E-state index contributed by atoms with van der Waals surface area (Å²) in [5, 5.41) is 3.10. The molecule has 0 saturated carbocycles. The van der Waals surface area contributed by atoms with Crippen LogP contribution in [0.5, 0.6) is 0 Å². The number of halogens is 1. The number of hydrogen-bond donors (Lipinski definition) is 1. The van der Waals surface area contributed by atoms with Gasteiger partial charge in [0.1, 0.15) is 5.82 Å². The van der Waals surface area contributed by atoms with Gasteiger partial charge in [-0.05, 0) is 56.4 Å². The highest BCUT2D eigenvalue weighted by Crippen LogP contribution is 2.35. The van der Waals surface area contributed by atoms with Gasteiger partial charge in [0.15, 0.2) is 0 Å². The molecule has 0 aromatic heterocycles. The van der Waals surface area contributed by atoms with Crippen LogP contribution in [-0.2, 0) is 4.79 Å². The molecule has 2 bridgehead atoms. The quantitative estimate of drug-likeness (QED) is 0.906. The summed E-state index contributed by atoms with van der Waals surface area (Å²) in [6.07, 6.45) is 3.88. The fraction of sp³-hybridized carbons (Fsp3) is 0.579. The number of aryl methyl sites for hydroxylation is 1. The lowest BCUT2D eigenvalue weighted by atomic mass is 9.96. The standard InChI is InChI=1S/C19H26FN3O2/c1-12-8-13(4-7-17(12)20)19(25)21-14-9-15-5-6-16(10-14)23(15)11-18(24)22(2)3/h4,7-8,14-16H,5-6,9-11H2,1-3H3,(H,21,25). The van der Waals surface area contributed by atoms with Crippen LogP contribution in [0.25, 0.3) is 0 Å². The minimum atomic E-state index is -0.298. The van der Waals surface area contributed by atoms with Gasteiger partial charge in [0, 0.05) is 37.8 Å². The first kappa shape index (κ1) is 17.9. The summed E-state index contributed by atoms with van der Waals surface area (Å²) in [6.45, 7) is 2.12. The number of carbonyl (C=O) groups excluding carboxylic acids is 2. The maximum Gasteiger partial charge on any atom is 0.251 e. The van der Waals surface area contributed by atoms with Gasteiger partial charge in [-0.15, -0.1) is 0 Å². The van der Waals surface area contributed by atoms with Crippen molar-refractivity contribution in [3.8, 4) is 0 Å². The Morgan fingerprint density at radius 2 is 1.88 bits per heavy atom. The van der Waals surface area contributed by atoms with Gasteiger partial charge in [0.05, 0.1) is 6.54 Å². The van der Waals surface area contributed by atoms with Crippen LogP contribution in [0.15, 0.2) is 18.2 Å². The highest BCUT2D eigenvalue weighted by molar-refractivity contribution is 5.94. The van der Waals surface area contributed by atoms with E-state index in [4.69, 9.17) is 0 Å². The van der Waals surface area contributed by atoms with Crippen molar-refractivity contribution >= 4 is 11.8 Å². The van der Waals surface area contributed by atoms with Crippen LogP contribution in [-0.4, -0.2) is 60.4 Å². The number of carbonyl (C=O) groups is 2. The third-order valence-corrected chi connectivity index (χ3v) is 5.46. The molecule has 1 aromatic carbocycles. The number of likely N-dealkylation sites (N-methyl/N-ethyl adjacent to an activating group) is 1. The van der Waals surface area contributed by atoms with Crippen molar-refractivity contribution in [2.45, 2.75) is 50.7 Å². The first-order chi connectivity index (χ1) is 11.8. The molecule has 136 valence electrons. The molecule has 0 radical (unpaired) electrons. The molecule has 2 heterocycles. The van der Waals surface area contributed by atoms with Crippen molar-refractivity contribution < 1.29 is 14.0 Å². The smallest absolute Gasteiger partial charge is 0.251 e. The van der Waals surface area contributed by atoms with E-state index in [-0.39, 0.29) is 23.7 Å². The van der Waals surface area contributed by atoms with Crippen molar-refractivity contribution in [1.29, 1.82) is 0 Å². The van der Waals surface area contributed by atoms with Crippen LogP contribution < -0.4 is 5.32 Å². The van der Waals surface area contributed by atoms with Crippen LogP contribution in [0.3, 0.4) is 0 Å². The molecule has 2 unspecified atom stereocenters. The van der Waals surface area contributed by atoms with Gasteiger partial charge in [-0.1, -0.05) is 0 Å². The number of piperidine rings is 1. The molecule has 1 N–H and O–H groups in total. The second-order valence-electron chi connectivity index (χ2n) is 7.45. The van der Waals surface area contributed by atoms with E-state index in [0.717, 1.165) is 25.7 Å². The SMILES string of the molecule is Cc1cc(C(=O)NC2CC3CCC(C2)N3CC(=O)N(C)C)ccc1F. The number of hydrogen-bond acceptors (Lipinski definition) is 3. The zero-order valence-electron chi connectivity index (χ0n) is 15.1. The lowest BCUT2D eigenvalue weighted by Gasteiger charge is -2.39. The predicted octanol–water partition coefficient (Wildman–Crippen LogP) is 1.95. The Bertz CT molecular complexity index is 663. The van der Waals surface area contributed by atoms with Crippen LogP contribution in [0.4, 0.5) is 4.39 Å². The molecular formula is C19H26FN3O2. The Labute approximate surface area is 148 Å². The zero-order chi connectivity index (χ0) is 18.1. The number of benzene rings is 1. The molecule has 2 fully saturated rings. The lowest BCUT2D eigenvalue weighted by Crippen LogP contribution is -2.52. The molecule has 0 spiro atoms. The second-order valence-corrected chi connectivity index (χ2v) is 7.45. The minimum Gasteiger partial charge on any atom is -0.349 e. The van der Waals surface area contributed by atoms with Gasteiger partial charge in [0.2, 0.25) is 5.91 Å². The maximum atomic E-state index is 13.4. The normalized spacial score (nSPS) is 25.7. The van der Waals surface area contributed by atoms with E-state index in [2.05, 4.69) is 10.2 Å². The number of rotatable bonds is 4. The van der Waals surface area contributed by atoms with E-state index in [1.165, 1.54) is 12.1 Å². The third kappa shape index (κ3) is 3.84. The molecule has 5 nitrogen and oxygen atoms in total. The summed E-state index contributed by atoms with van der Waals surface area (Å²) in [7, 11) is 3.56. The van der Waals surface area contributed by atoms with Crippen LogP contribution in [0.2, 0.25) is 0 Å². The summed E-state index contributed by atoms with van der Waals surface area (Å²) < 4.78 is 13.4. The Morgan fingerprint density at radius 1 is 1.24 bits per heavy atom. The lowest BCUT2D eigenvalue weighted by molar-refractivity contribution is -0.131. The highest BCUT2D eigenvalue weighted by Gasteiger charge is 2.41. The molecule has 25 heavy (non-hydrogen) atoms. The zero-order valence-corrected chi connectivity index (χ0v) is 15.1. The summed E-state index contributed by atoms with van der Waals surface area (Å²) >= 11 is 0. The van der Waals surface area contributed by atoms with Crippen molar-refractivity contribution in [3.05, 3.63) is 35.1 Å². The molecule has 2 saturated heterocycles. The second kappa shape index (κ2) is 7.12. The van der Waals surface area contributed by atoms with E-state index in [0.29, 0.717) is 29.8 Å². The molecule has 0 aliphatic carbocycles. The Balaban J connectivity index is 1.60. The molecule has 2 aliphatic heterocycles. The molecule has 2 amide bonds. The average Bonchev–Trinajstić information content (AvgIpc) is 2.79. The van der Waals surface area contributed by atoms with Crippen molar-refractivity contribution in [1.82, 2.24) is 15.1 Å². The first-order valence-corrected chi connectivity index (χ1v) is 8.88. The van der Waals surface area contributed by atoms with Gasteiger partial charge in [-0.25, -0.2) is 4.39 Å². The largest absolute Gasteiger partial charge is 0.349 e. The third-order valence-electron chi connectivity index (χ3n) is 5.46.